The van der Waals surface area contributed by atoms with Crippen LogP contribution in [0.3, 0.4) is 0 Å². The van der Waals surface area contributed by atoms with Gasteiger partial charge in [0.05, 0.1) is 12.1 Å². The summed E-state index contributed by atoms with van der Waals surface area (Å²) in [7, 11) is 0. The van der Waals surface area contributed by atoms with Gasteiger partial charge < -0.3 is 10.6 Å². The van der Waals surface area contributed by atoms with Crippen molar-refractivity contribution in [1.29, 1.82) is 0 Å². The Labute approximate surface area is 130 Å². The lowest BCUT2D eigenvalue weighted by molar-refractivity contribution is 0.0472. The van der Waals surface area contributed by atoms with Crippen LogP contribution in [0.25, 0.3) is 0 Å². The zero-order chi connectivity index (χ0) is 15.1. The fourth-order valence-electron chi connectivity index (χ4n) is 4.98. The molecule has 0 bridgehead atoms. The molecule has 0 aromatic heterocycles. The van der Waals surface area contributed by atoms with E-state index in [0.717, 1.165) is 18.4 Å². The van der Waals surface area contributed by atoms with Gasteiger partial charge in [-0.15, -0.1) is 0 Å². The van der Waals surface area contributed by atoms with Crippen LogP contribution < -0.4 is 5.73 Å². The Hall–Kier alpha value is -0.730. The molecule has 0 unspecified atom stereocenters. The van der Waals surface area contributed by atoms with Gasteiger partial charge in [0.15, 0.2) is 5.96 Å². The van der Waals surface area contributed by atoms with E-state index >= 15 is 0 Å². The van der Waals surface area contributed by atoms with Crippen molar-refractivity contribution in [3.8, 4) is 0 Å². The minimum atomic E-state index is 0.277. The van der Waals surface area contributed by atoms with Crippen LogP contribution in [0.15, 0.2) is 4.99 Å². The predicted octanol–water partition coefficient (Wildman–Crippen LogP) is 3.92. The average molecular weight is 291 g/mol. The van der Waals surface area contributed by atoms with Gasteiger partial charge in [-0.1, -0.05) is 40.0 Å². The SMILES string of the molecule is CCC(C)(C)C1CCC2(CC1)CN=C(N)N2C1CCCC1. The third kappa shape index (κ3) is 2.57. The van der Waals surface area contributed by atoms with Gasteiger partial charge in [0.25, 0.3) is 0 Å². The van der Waals surface area contributed by atoms with Gasteiger partial charge in [0.2, 0.25) is 0 Å². The molecule has 1 spiro atoms. The van der Waals surface area contributed by atoms with Crippen molar-refractivity contribution in [3.05, 3.63) is 0 Å². The fraction of sp³-hybridized carbons (Fsp3) is 0.944. The van der Waals surface area contributed by atoms with Gasteiger partial charge in [0, 0.05) is 6.04 Å². The quantitative estimate of drug-likeness (QED) is 0.856. The summed E-state index contributed by atoms with van der Waals surface area (Å²) in [6.07, 6.45) is 12.0. The molecule has 2 aliphatic carbocycles. The minimum Gasteiger partial charge on any atom is -0.370 e. The predicted molar refractivity (Wildman–Crippen MR) is 89.3 cm³/mol. The second kappa shape index (κ2) is 5.48. The molecule has 0 aromatic carbocycles. The van der Waals surface area contributed by atoms with E-state index in [1.165, 1.54) is 57.8 Å². The van der Waals surface area contributed by atoms with Crippen molar-refractivity contribution in [3.63, 3.8) is 0 Å². The van der Waals surface area contributed by atoms with Gasteiger partial charge in [-0.2, -0.15) is 0 Å². The van der Waals surface area contributed by atoms with Crippen molar-refractivity contribution in [2.45, 2.75) is 90.1 Å². The molecule has 3 nitrogen and oxygen atoms in total. The summed E-state index contributed by atoms with van der Waals surface area (Å²) in [5, 5.41) is 0. The summed E-state index contributed by atoms with van der Waals surface area (Å²) >= 11 is 0. The van der Waals surface area contributed by atoms with Crippen molar-refractivity contribution in [2.24, 2.45) is 22.1 Å². The average Bonchev–Trinajstić information content (AvgIpc) is 3.08. The molecule has 120 valence electrons. The van der Waals surface area contributed by atoms with Crippen LogP contribution in [0, 0.1) is 11.3 Å². The molecule has 0 saturated heterocycles. The van der Waals surface area contributed by atoms with Crippen molar-refractivity contribution in [1.82, 2.24) is 4.90 Å². The van der Waals surface area contributed by atoms with Gasteiger partial charge in [0.1, 0.15) is 0 Å². The van der Waals surface area contributed by atoms with Gasteiger partial charge in [-0.25, -0.2) is 0 Å². The highest BCUT2D eigenvalue weighted by Gasteiger charge is 2.49. The number of rotatable bonds is 3. The van der Waals surface area contributed by atoms with Crippen LogP contribution in [-0.2, 0) is 0 Å². The number of guanidine groups is 1. The van der Waals surface area contributed by atoms with E-state index in [9.17, 15) is 0 Å². The van der Waals surface area contributed by atoms with E-state index in [4.69, 9.17) is 5.73 Å². The first-order chi connectivity index (χ1) is 9.98. The van der Waals surface area contributed by atoms with E-state index in [2.05, 4.69) is 30.7 Å². The molecular weight excluding hydrogens is 258 g/mol. The molecule has 0 amide bonds. The summed E-state index contributed by atoms with van der Waals surface area (Å²) < 4.78 is 0. The highest BCUT2D eigenvalue weighted by atomic mass is 15.4. The van der Waals surface area contributed by atoms with Crippen LogP contribution in [0.5, 0.6) is 0 Å². The summed E-state index contributed by atoms with van der Waals surface area (Å²) in [6, 6.07) is 0.673. The lowest BCUT2D eigenvalue weighted by atomic mass is 9.65. The second-order valence-electron chi connectivity index (χ2n) is 8.32. The Kier molecular flexibility index (Phi) is 3.96. The third-order valence-electron chi connectivity index (χ3n) is 6.92. The normalized spacial score (nSPS) is 34.7. The van der Waals surface area contributed by atoms with Crippen molar-refractivity contribution < 1.29 is 0 Å². The molecule has 1 aliphatic heterocycles. The van der Waals surface area contributed by atoms with Gasteiger partial charge in [-0.3, -0.25) is 4.99 Å². The Morgan fingerprint density at radius 3 is 2.38 bits per heavy atom. The first kappa shape index (κ1) is 15.2. The number of hydrogen-bond acceptors (Lipinski definition) is 3. The smallest absolute Gasteiger partial charge is 0.192 e. The van der Waals surface area contributed by atoms with Crippen molar-refractivity contribution in [2.75, 3.05) is 6.54 Å². The maximum Gasteiger partial charge on any atom is 0.192 e. The van der Waals surface area contributed by atoms with Gasteiger partial charge >= 0.3 is 0 Å². The van der Waals surface area contributed by atoms with E-state index in [1.807, 2.05) is 0 Å². The molecule has 0 atom stereocenters. The lowest BCUT2D eigenvalue weighted by Crippen LogP contribution is -2.57. The lowest BCUT2D eigenvalue weighted by Gasteiger charge is -2.49. The monoisotopic (exact) mass is 291 g/mol. The van der Waals surface area contributed by atoms with E-state index in [1.54, 1.807) is 0 Å². The first-order valence-electron chi connectivity index (χ1n) is 9.08. The number of hydrogen-bond donors (Lipinski definition) is 1. The molecule has 2 saturated carbocycles. The Bertz CT molecular complexity index is 399. The molecule has 0 aromatic rings. The second-order valence-corrected chi connectivity index (χ2v) is 8.32. The molecular formula is C18H33N3. The standard InChI is InChI=1S/C18H33N3/c1-4-17(2,3)14-9-11-18(12-10-14)13-20-16(19)21(18)15-7-5-6-8-15/h14-15H,4-13H2,1-3H3,(H2,19,20). The highest BCUT2D eigenvalue weighted by molar-refractivity contribution is 5.81. The van der Waals surface area contributed by atoms with Crippen LogP contribution in [0.1, 0.15) is 78.6 Å². The van der Waals surface area contributed by atoms with Crippen LogP contribution in [0.4, 0.5) is 0 Å². The molecule has 2 N–H and O–H groups in total. The summed E-state index contributed by atoms with van der Waals surface area (Å²) in [5.74, 6) is 1.72. The number of aliphatic imine (C=N–C) groups is 1. The topological polar surface area (TPSA) is 41.6 Å². The molecule has 3 heteroatoms. The Morgan fingerprint density at radius 1 is 1.19 bits per heavy atom. The van der Waals surface area contributed by atoms with E-state index in [-0.39, 0.29) is 5.54 Å². The first-order valence-corrected chi connectivity index (χ1v) is 9.08. The molecule has 21 heavy (non-hydrogen) atoms. The Balaban J connectivity index is 1.71. The largest absolute Gasteiger partial charge is 0.370 e. The Morgan fingerprint density at radius 2 is 1.81 bits per heavy atom. The minimum absolute atomic E-state index is 0.277. The van der Waals surface area contributed by atoms with E-state index < -0.39 is 0 Å². The molecule has 1 heterocycles. The summed E-state index contributed by atoms with van der Waals surface area (Å²) in [6.45, 7) is 8.19. The molecule has 0 radical (unpaired) electrons. The van der Waals surface area contributed by atoms with E-state index in [0.29, 0.717) is 11.5 Å². The van der Waals surface area contributed by atoms with Gasteiger partial charge in [-0.05, 0) is 49.9 Å². The number of nitrogens with zero attached hydrogens (tertiary/aromatic N) is 2. The maximum atomic E-state index is 6.29. The van der Waals surface area contributed by atoms with Crippen molar-refractivity contribution >= 4 is 5.96 Å². The summed E-state index contributed by atoms with van der Waals surface area (Å²) in [5.41, 5.74) is 7.05. The summed E-state index contributed by atoms with van der Waals surface area (Å²) in [4.78, 5) is 7.23. The molecule has 2 fully saturated rings. The zero-order valence-electron chi connectivity index (χ0n) is 14.2. The van der Waals surface area contributed by atoms with Crippen LogP contribution in [-0.4, -0.2) is 29.0 Å². The number of nitrogens with two attached hydrogens (primary N) is 1. The molecule has 3 aliphatic rings. The fourth-order valence-corrected chi connectivity index (χ4v) is 4.98. The zero-order valence-corrected chi connectivity index (χ0v) is 14.2. The highest BCUT2D eigenvalue weighted by Crippen LogP contribution is 2.48. The maximum absolute atomic E-state index is 6.29. The van der Waals surface area contributed by atoms with Crippen LogP contribution >= 0.6 is 0 Å². The van der Waals surface area contributed by atoms with Crippen LogP contribution in [0.2, 0.25) is 0 Å². The molecule has 3 rings (SSSR count). The third-order valence-corrected chi connectivity index (χ3v) is 6.92.